The van der Waals surface area contributed by atoms with Crippen LogP contribution in [0.1, 0.15) is 0 Å². The van der Waals surface area contributed by atoms with Crippen molar-refractivity contribution < 1.29 is 32.7 Å². The third-order valence-electron chi connectivity index (χ3n) is 4.42. The van der Waals surface area contributed by atoms with Crippen molar-refractivity contribution >= 4 is 32.3 Å². The number of benzene rings is 4. The normalized spacial score (nSPS) is 11.0. The molecule has 111 valence electrons. The summed E-state index contributed by atoms with van der Waals surface area (Å²) in [6, 6.07) is 30.1. The van der Waals surface area contributed by atoms with E-state index in [0.717, 1.165) is 11.3 Å². The van der Waals surface area contributed by atoms with Gasteiger partial charge >= 0.3 is 0 Å². The van der Waals surface area contributed by atoms with Gasteiger partial charge in [0.2, 0.25) is 0 Å². The van der Waals surface area contributed by atoms with Gasteiger partial charge in [-0.2, -0.15) is 23.2 Å². The van der Waals surface area contributed by atoms with Crippen LogP contribution in [0, 0.1) is 12.1 Å². The summed E-state index contributed by atoms with van der Waals surface area (Å²) in [6.07, 6.45) is 1.90. The first kappa shape index (κ1) is 15.6. The van der Waals surface area contributed by atoms with Crippen LogP contribution in [0.4, 0.5) is 0 Å². The predicted octanol–water partition coefficient (Wildman–Crippen LogP) is 5.74. The summed E-state index contributed by atoms with van der Waals surface area (Å²) in [5.41, 5.74) is 2.05. The first-order valence-corrected chi connectivity index (χ1v) is 7.71. The number of nitrogens with one attached hydrogen (secondary N) is 1. The van der Waals surface area contributed by atoms with Gasteiger partial charge in [0, 0.05) is 32.7 Å². The number of fused-ring (bicyclic) bond motifs is 3. The number of hydrogen-bond acceptors (Lipinski definition) is 0. The van der Waals surface area contributed by atoms with Gasteiger partial charge in [0.25, 0.3) is 0 Å². The largest absolute Gasteiger partial charge is 0.474 e. The molecule has 2 heteroatoms. The minimum atomic E-state index is 0. The fourth-order valence-corrected chi connectivity index (χ4v) is 3.30. The molecule has 0 aliphatic heterocycles. The molecule has 5 rings (SSSR count). The Balaban J connectivity index is 0.00000146. The monoisotopic (exact) mass is 380 g/mol. The Kier molecular flexibility index (Phi) is 4.00. The van der Waals surface area contributed by atoms with E-state index >= 15 is 0 Å². The Morgan fingerprint density at radius 2 is 1.38 bits per heavy atom. The van der Waals surface area contributed by atoms with E-state index in [1.807, 2.05) is 18.3 Å². The first-order valence-electron chi connectivity index (χ1n) is 7.71. The van der Waals surface area contributed by atoms with Gasteiger partial charge < -0.3 is 4.98 Å². The van der Waals surface area contributed by atoms with Gasteiger partial charge in [-0.3, -0.25) is 0 Å². The van der Waals surface area contributed by atoms with Crippen LogP contribution in [-0.2, 0) is 32.7 Å². The molecule has 0 saturated carbocycles. The summed E-state index contributed by atoms with van der Waals surface area (Å²) in [5, 5.41) is 7.50. The zero-order valence-electron chi connectivity index (χ0n) is 13.0. The number of H-pyrrole nitrogens is 1. The summed E-state index contributed by atoms with van der Waals surface area (Å²) in [5.74, 6) is 0. The molecule has 1 aromatic heterocycles. The minimum absolute atomic E-state index is 0. The van der Waals surface area contributed by atoms with E-state index in [0.29, 0.717) is 0 Å². The Labute approximate surface area is 165 Å². The quantitative estimate of drug-likeness (QED) is 0.282. The van der Waals surface area contributed by atoms with Crippen molar-refractivity contribution in [1.29, 1.82) is 0 Å². The second-order valence-electron chi connectivity index (χ2n) is 5.84. The standard InChI is InChI=1S/C22H13N.Y/c1-2-6-16-12-19-14-21-17(13-18(19)11-15(16)5-1)7-3-8-20(21)22-9-4-10-23-22;/h1-7,10-14,23H;/q-2;. The number of aromatic nitrogens is 1. The molecule has 0 spiro atoms. The second kappa shape index (κ2) is 6.16. The molecule has 1 N–H and O–H groups in total. The van der Waals surface area contributed by atoms with E-state index in [1.165, 1.54) is 32.3 Å². The molecular formula is C22H13NY-2. The molecule has 0 fully saturated rings. The predicted molar refractivity (Wildman–Crippen MR) is 96.4 cm³/mol. The van der Waals surface area contributed by atoms with Gasteiger partial charge in [0.05, 0.1) is 0 Å². The molecule has 0 aliphatic rings. The Morgan fingerprint density at radius 3 is 2.08 bits per heavy atom. The average molecular weight is 380 g/mol. The van der Waals surface area contributed by atoms with Crippen molar-refractivity contribution in [3.63, 3.8) is 0 Å². The summed E-state index contributed by atoms with van der Waals surface area (Å²) < 4.78 is 0. The van der Waals surface area contributed by atoms with E-state index in [-0.39, 0.29) is 32.7 Å². The van der Waals surface area contributed by atoms with Crippen LogP contribution in [0.3, 0.4) is 0 Å². The van der Waals surface area contributed by atoms with Crippen LogP contribution in [0.25, 0.3) is 43.6 Å². The summed E-state index contributed by atoms with van der Waals surface area (Å²) in [4.78, 5) is 3.24. The van der Waals surface area contributed by atoms with Gasteiger partial charge in [0.15, 0.2) is 0 Å². The molecular weight excluding hydrogens is 367 g/mol. The zero-order valence-corrected chi connectivity index (χ0v) is 15.8. The van der Waals surface area contributed by atoms with E-state index in [4.69, 9.17) is 0 Å². The SMILES string of the molecule is [Y].[c-]1cc[nH]c1-c1[c-]ccc2cc3cc4ccccc4cc3cc12. The van der Waals surface area contributed by atoms with Crippen molar-refractivity contribution in [2.75, 3.05) is 0 Å². The third kappa shape index (κ3) is 2.49. The Bertz CT molecular complexity index is 1160. The Morgan fingerprint density at radius 1 is 0.667 bits per heavy atom. The molecule has 0 atom stereocenters. The van der Waals surface area contributed by atoms with Crippen LogP contribution >= 0.6 is 0 Å². The fourth-order valence-electron chi connectivity index (χ4n) is 3.30. The van der Waals surface area contributed by atoms with Crippen molar-refractivity contribution in [2.24, 2.45) is 0 Å². The van der Waals surface area contributed by atoms with Crippen LogP contribution in [-0.4, -0.2) is 4.98 Å². The molecule has 0 amide bonds. The summed E-state index contributed by atoms with van der Waals surface area (Å²) in [6.45, 7) is 0. The van der Waals surface area contributed by atoms with Crippen molar-refractivity contribution in [3.8, 4) is 11.3 Å². The van der Waals surface area contributed by atoms with E-state index in [1.54, 1.807) is 0 Å². The van der Waals surface area contributed by atoms with E-state index < -0.39 is 0 Å². The first-order chi connectivity index (χ1) is 11.4. The van der Waals surface area contributed by atoms with Crippen molar-refractivity contribution in [2.45, 2.75) is 0 Å². The molecule has 1 radical (unpaired) electrons. The molecule has 0 aliphatic carbocycles. The van der Waals surface area contributed by atoms with Gasteiger partial charge in [-0.1, -0.05) is 30.3 Å². The average Bonchev–Trinajstić information content (AvgIpc) is 3.12. The number of aromatic amines is 1. The fraction of sp³-hybridized carbons (Fsp3) is 0. The molecule has 4 aromatic carbocycles. The van der Waals surface area contributed by atoms with E-state index in [9.17, 15) is 0 Å². The molecule has 1 nitrogen and oxygen atoms in total. The van der Waals surface area contributed by atoms with Crippen molar-refractivity contribution in [3.05, 3.63) is 85.1 Å². The zero-order chi connectivity index (χ0) is 15.2. The third-order valence-corrected chi connectivity index (χ3v) is 4.42. The molecule has 5 aromatic rings. The smallest absolute Gasteiger partial charge is 0 e. The van der Waals surface area contributed by atoms with Crippen LogP contribution < -0.4 is 0 Å². The van der Waals surface area contributed by atoms with Gasteiger partial charge in [-0.15, -0.1) is 23.7 Å². The topological polar surface area (TPSA) is 15.8 Å². The van der Waals surface area contributed by atoms with E-state index in [2.05, 4.69) is 71.7 Å². The van der Waals surface area contributed by atoms with Gasteiger partial charge in [-0.05, 0) is 33.7 Å². The summed E-state index contributed by atoms with van der Waals surface area (Å²) in [7, 11) is 0. The maximum Gasteiger partial charge on any atom is 0 e. The minimum Gasteiger partial charge on any atom is -0.474 e. The molecule has 1 heterocycles. The molecule has 0 saturated heterocycles. The maximum absolute atomic E-state index is 3.35. The Hall–Kier alpha value is -1.96. The van der Waals surface area contributed by atoms with Crippen molar-refractivity contribution in [1.82, 2.24) is 4.98 Å². The van der Waals surface area contributed by atoms with Gasteiger partial charge in [0.1, 0.15) is 0 Å². The van der Waals surface area contributed by atoms with Crippen LogP contribution in [0.5, 0.6) is 0 Å². The summed E-state index contributed by atoms with van der Waals surface area (Å²) >= 11 is 0. The number of rotatable bonds is 1. The van der Waals surface area contributed by atoms with Crippen LogP contribution in [0.15, 0.2) is 72.9 Å². The molecule has 0 unspecified atom stereocenters. The number of hydrogen-bond donors (Lipinski definition) is 1. The second-order valence-corrected chi connectivity index (χ2v) is 5.84. The maximum atomic E-state index is 3.35. The van der Waals surface area contributed by atoms with Gasteiger partial charge in [-0.25, -0.2) is 17.7 Å². The van der Waals surface area contributed by atoms with Crippen LogP contribution in [0.2, 0.25) is 0 Å². The molecule has 24 heavy (non-hydrogen) atoms. The molecule has 0 bridgehead atoms.